The first-order chi connectivity index (χ1) is 8.99. The van der Waals surface area contributed by atoms with Crippen LogP contribution in [0, 0.1) is 12.8 Å². The van der Waals surface area contributed by atoms with Gasteiger partial charge in [0, 0.05) is 12.7 Å². The van der Waals surface area contributed by atoms with Crippen LogP contribution >= 0.6 is 0 Å². The number of anilines is 1. The van der Waals surface area contributed by atoms with Crippen molar-refractivity contribution in [2.45, 2.75) is 26.3 Å². The average Bonchev–Trinajstić information content (AvgIpc) is 2.71. The van der Waals surface area contributed by atoms with E-state index >= 15 is 0 Å². The van der Waals surface area contributed by atoms with Gasteiger partial charge in [0.1, 0.15) is 6.04 Å². The van der Waals surface area contributed by atoms with Crippen molar-refractivity contribution in [2.75, 3.05) is 11.9 Å². The normalized spacial score (nSPS) is 22.3. The molecular weight excluding hydrogens is 246 g/mol. The number of hydrogen-bond acceptors (Lipinski definition) is 3. The number of nitrogens with one attached hydrogen (secondary N) is 1. The van der Waals surface area contributed by atoms with Crippen LogP contribution in [0.2, 0.25) is 0 Å². The lowest BCUT2D eigenvalue weighted by Gasteiger charge is -2.23. The summed E-state index contributed by atoms with van der Waals surface area (Å²) in [6, 6.07) is 0.655. The quantitative estimate of drug-likeness (QED) is 0.851. The Balaban J connectivity index is 2.10. The number of aliphatic carboxylic acids is 1. The number of carboxylic acid groups (broad SMARTS) is 1. The standard InChI is InChI=1S/C13H17N3O3/c1-8-5-10(7-14-6-8)15-13(19)16-4-3-9(2)11(16)12(17)18/h5-7,9,11H,3-4H2,1-2H3,(H,15,19)(H,17,18). The second kappa shape index (κ2) is 5.26. The highest BCUT2D eigenvalue weighted by molar-refractivity contribution is 5.92. The highest BCUT2D eigenvalue weighted by Crippen LogP contribution is 2.25. The Morgan fingerprint density at radius 3 is 2.84 bits per heavy atom. The van der Waals surface area contributed by atoms with E-state index in [9.17, 15) is 14.7 Å². The van der Waals surface area contributed by atoms with Crippen molar-refractivity contribution in [3.63, 3.8) is 0 Å². The topological polar surface area (TPSA) is 82.5 Å². The summed E-state index contributed by atoms with van der Waals surface area (Å²) in [5, 5.41) is 11.9. The summed E-state index contributed by atoms with van der Waals surface area (Å²) in [5.74, 6) is -0.985. The summed E-state index contributed by atoms with van der Waals surface area (Å²) in [4.78, 5) is 28.7. The van der Waals surface area contributed by atoms with E-state index in [0.29, 0.717) is 18.7 Å². The van der Waals surface area contributed by atoms with E-state index in [4.69, 9.17) is 0 Å². The molecule has 0 aliphatic carbocycles. The lowest BCUT2D eigenvalue weighted by Crippen LogP contribution is -2.44. The zero-order valence-corrected chi connectivity index (χ0v) is 11.0. The van der Waals surface area contributed by atoms with Gasteiger partial charge in [-0.1, -0.05) is 6.92 Å². The molecule has 2 amide bonds. The molecule has 102 valence electrons. The monoisotopic (exact) mass is 263 g/mol. The number of nitrogens with zero attached hydrogens (tertiary/aromatic N) is 2. The minimum atomic E-state index is -0.956. The van der Waals surface area contributed by atoms with E-state index in [1.54, 1.807) is 18.5 Å². The van der Waals surface area contributed by atoms with Gasteiger partial charge in [-0.3, -0.25) is 4.98 Å². The minimum absolute atomic E-state index is 0.0288. The van der Waals surface area contributed by atoms with Crippen molar-refractivity contribution in [2.24, 2.45) is 5.92 Å². The summed E-state index contributed by atoms with van der Waals surface area (Å²) in [6.45, 7) is 4.18. The van der Waals surface area contributed by atoms with E-state index in [1.807, 2.05) is 13.8 Å². The lowest BCUT2D eigenvalue weighted by atomic mass is 10.0. The predicted molar refractivity (Wildman–Crippen MR) is 69.9 cm³/mol. The molecule has 6 nitrogen and oxygen atoms in total. The maximum absolute atomic E-state index is 12.1. The van der Waals surface area contributed by atoms with Gasteiger partial charge in [0.15, 0.2) is 0 Å². The molecule has 0 spiro atoms. The molecule has 2 N–H and O–H groups in total. The van der Waals surface area contributed by atoms with E-state index in [-0.39, 0.29) is 11.9 Å². The molecule has 1 fully saturated rings. The molecule has 2 rings (SSSR count). The van der Waals surface area contributed by atoms with Crippen LogP contribution in [-0.2, 0) is 4.79 Å². The third kappa shape index (κ3) is 2.83. The van der Waals surface area contributed by atoms with Crippen LogP contribution in [0.1, 0.15) is 18.9 Å². The first-order valence-corrected chi connectivity index (χ1v) is 6.21. The van der Waals surface area contributed by atoms with Crippen molar-refractivity contribution in [1.29, 1.82) is 0 Å². The molecule has 1 aromatic rings. The molecule has 0 bridgehead atoms. The van der Waals surface area contributed by atoms with E-state index in [0.717, 1.165) is 5.56 Å². The van der Waals surface area contributed by atoms with E-state index in [1.165, 1.54) is 4.90 Å². The van der Waals surface area contributed by atoms with Gasteiger partial charge in [0.2, 0.25) is 0 Å². The fraction of sp³-hybridized carbons (Fsp3) is 0.462. The van der Waals surface area contributed by atoms with Crippen molar-refractivity contribution in [3.05, 3.63) is 24.0 Å². The molecular formula is C13H17N3O3. The number of aryl methyl sites for hydroxylation is 1. The molecule has 1 saturated heterocycles. The van der Waals surface area contributed by atoms with Gasteiger partial charge in [-0.2, -0.15) is 0 Å². The zero-order chi connectivity index (χ0) is 14.0. The molecule has 6 heteroatoms. The van der Waals surface area contributed by atoms with Gasteiger partial charge in [0.25, 0.3) is 0 Å². The fourth-order valence-electron chi connectivity index (χ4n) is 2.37. The van der Waals surface area contributed by atoms with Crippen molar-refractivity contribution >= 4 is 17.7 Å². The molecule has 0 saturated carbocycles. The van der Waals surface area contributed by atoms with Crippen LogP contribution in [-0.4, -0.2) is 39.6 Å². The number of pyridine rings is 1. The number of carbonyl (C=O) groups is 2. The largest absolute Gasteiger partial charge is 0.480 e. The van der Waals surface area contributed by atoms with Gasteiger partial charge in [0.05, 0.1) is 11.9 Å². The molecule has 1 aliphatic rings. The Kier molecular flexibility index (Phi) is 3.69. The van der Waals surface area contributed by atoms with Crippen LogP contribution in [0.4, 0.5) is 10.5 Å². The third-order valence-electron chi connectivity index (χ3n) is 3.34. The van der Waals surface area contributed by atoms with Gasteiger partial charge in [-0.25, -0.2) is 9.59 Å². The summed E-state index contributed by atoms with van der Waals surface area (Å²) in [5.41, 5.74) is 1.51. The first kappa shape index (κ1) is 13.3. The van der Waals surface area contributed by atoms with Gasteiger partial charge < -0.3 is 15.3 Å². The number of rotatable bonds is 2. The van der Waals surface area contributed by atoms with Crippen molar-refractivity contribution < 1.29 is 14.7 Å². The Morgan fingerprint density at radius 1 is 1.47 bits per heavy atom. The first-order valence-electron chi connectivity index (χ1n) is 6.21. The minimum Gasteiger partial charge on any atom is -0.480 e. The summed E-state index contributed by atoms with van der Waals surface area (Å²) in [7, 11) is 0. The SMILES string of the molecule is Cc1cncc(NC(=O)N2CCC(C)C2C(=O)O)c1. The van der Waals surface area contributed by atoms with Crippen LogP contribution in [0.15, 0.2) is 18.5 Å². The number of hydrogen-bond donors (Lipinski definition) is 2. The number of carboxylic acids is 1. The second-order valence-corrected chi connectivity index (χ2v) is 4.92. The summed E-state index contributed by atoms with van der Waals surface area (Å²) >= 11 is 0. The smallest absolute Gasteiger partial charge is 0.326 e. The van der Waals surface area contributed by atoms with E-state index in [2.05, 4.69) is 10.3 Å². The summed E-state index contributed by atoms with van der Waals surface area (Å²) in [6.07, 6.45) is 3.93. The highest BCUT2D eigenvalue weighted by Gasteiger charge is 2.39. The molecule has 2 unspecified atom stereocenters. The van der Waals surface area contributed by atoms with Crippen molar-refractivity contribution in [3.8, 4) is 0 Å². The second-order valence-electron chi connectivity index (χ2n) is 4.92. The van der Waals surface area contributed by atoms with Crippen LogP contribution in [0.3, 0.4) is 0 Å². The Morgan fingerprint density at radius 2 is 2.21 bits per heavy atom. The highest BCUT2D eigenvalue weighted by atomic mass is 16.4. The lowest BCUT2D eigenvalue weighted by molar-refractivity contribution is -0.142. The molecule has 19 heavy (non-hydrogen) atoms. The fourth-order valence-corrected chi connectivity index (χ4v) is 2.37. The predicted octanol–water partition coefficient (Wildman–Crippen LogP) is 1.72. The summed E-state index contributed by atoms with van der Waals surface area (Å²) < 4.78 is 0. The number of likely N-dealkylation sites (tertiary alicyclic amines) is 1. The van der Waals surface area contributed by atoms with E-state index < -0.39 is 12.0 Å². The number of amides is 2. The zero-order valence-electron chi connectivity index (χ0n) is 11.0. The Hall–Kier alpha value is -2.11. The molecule has 2 atom stereocenters. The van der Waals surface area contributed by atoms with Gasteiger partial charge in [-0.15, -0.1) is 0 Å². The van der Waals surface area contributed by atoms with Gasteiger partial charge in [-0.05, 0) is 30.9 Å². The Bertz CT molecular complexity index is 504. The van der Waals surface area contributed by atoms with Crippen LogP contribution in [0.25, 0.3) is 0 Å². The van der Waals surface area contributed by atoms with Gasteiger partial charge >= 0.3 is 12.0 Å². The molecule has 2 heterocycles. The third-order valence-corrected chi connectivity index (χ3v) is 3.34. The van der Waals surface area contributed by atoms with Crippen LogP contribution < -0.4 is 5.32 Å². The van der Waals surface area contributed by atoms with Crippen molar-refractivity contribution in [1.82, 2.24) is 9.88 Å². The average molecular weight is 263 g/mol. The maximum Gasteiger partial charge on any atom is 0.326 e. The maximum atomic E-state index is 12.1. The number of urea groups is 1. The number of aromatic nitrogens is 1. The Labute approximate surface area is 111 Å². The van der Waals surface area contributed by atoms with Crippen LogP contribution in [0.5, 0.6) is 0 Å². The molecule has 0 radical (unpaired) electrons. The molecule has 1 aliphatic heterocycles. The molecule has 1 aromatic heterocycles. The number of carbonyl (C=O) groups excluding carboxylic acids is 1. The molecule has 0 aromatic carbocycles.